The lowest BCUT2D eigenvalue weighted by atomic mass is 10.1. The summed E-state index contributed by atoms with van der Waals surface area (Å²) in [6.45, 7) is 1.67. The third kappa shape index (κ3) is 2.28. The maximum Gasteiger partial charge on any atom is 0.396 e. The molecule has 2 aromatic rings. The van der Waals surface area contributed by atoms with Crippen LogP contribution in [0.15, 0.2) is 22.6 Å². The first-order valence-corrected chi connectivity index (χ1v) is 5.20. The molecule has 1 heterocycles. The van der Waals surface area contributed by atoms with E-state index in [9.17, 15) is 14.9 Å². The van der Waals surface area contributed by atoms with Gasteiger partial charge in [0, 0.05) is 6.07 Å². The minimum atomic E-state index is -0.796. The maximum absolute atomic E-state index is 11.2. The molecule has 0 saturated heterocycles. The molecule has 1 aromatic heterocycles. The SMILES string of the molecule is COC(=O)c1nnc(-c2c(C)cccc2[N+](=O)[O-])o1. The Morgan fingerprint density at radius 2 is 2.16 bits per heavy atom. The van der Waals surface area contributed by atoms with E-state index in [4.69, 9.17) is 4.42 Å². The van der Waals surface area contributed by atoms with Crippen LogP contribution in [0.2, 0.25) is 0 Å². The number of benzene rings is 1. The van der Waals surface area contributed by atoms with Gasteiger partial charge in [0.15, 0.2) is 0 Å². The van der Waals surface area contributed by atoms with Gasteiger partial charge in [0.2, 0.25) is 0 Å². The molecular weight excluding hydrogens is 254 g/mol. The van der Waals surface area contributed by atoms with E-state index in [1.165, 1.54) is 13.2 Å². The van der Waals surface area contributed by atoms with Crippen molar-refractivity contribution in [2.24, 2.45) is 0 Å². The van der Waals surface area contributed by atoms with Crippen LogP contribution >= 0.6 is 0 Å². The zero-order chi connectivity index (χ0) is 14.0. The molecule has 0 spiro atoms. The van der Waals surface area contributed by atoms with Gasteiger partial charge in [-0.2, -0.15) is 0 Å². The van der Waals surface area contributed by atoms with Crippen LogP contribution in [-0.2, 0) is 4.74 Å². The van der Waals surface area contributed by atoms with Crippen molar-refractivity contribution >= 4 is 11.7 Å². The Kier molecular flexibility index (Phi) is 3.23. The highest BCUT2D eigenvalue weighted by molar-refractivity contribution is 5.84. The van der Waals surface area contributed by atoms with Crippen LogP contribution in [-0.4, -0.2) is 28.2 Å². The summed E-state index contributed by atoms with van der Waals surface area (Å²) in [7, 11) is 1.17. The van der Waals surface area contributed by atoms with Crippen LogP contribution < -0.4 is 0 Å². The number of aromatic nitrogens is 2. The van der Waals surface area contributed by atoms with Crippen LogP contribution in [0.1, 0.15) is 16.2 Å². The number of carbonyl (C=O) groups is 1. The molecule has 2 rings (SSSR count). The molecule has 98 valence electrons. The molecule has 0 atom stereocenters. The molecule has 0 aliphatic rings. The Hall–Kier alpha value is -2.77. The third-order valence-electron chi connectivity index (χ3n) is 2.45. The first-order chi connectivity index (χ1) is 9.04. The van der Waals surface area contributed by atoms with Crippen LogP contribution in [0.3, 0.4) is 0 Å². The summed E-state index contributed by atoms with van der Waals surface area (Å²) in [5.74, 6) is -1.24. The fraction of sp³-hybridized carbons (Fsp3) is 0.182. The largest absolute Gasteiger partial charge is 0.462 e. The number of carbonyl (C=O) groups excluding carboxylic acids is 1. The van der Waals surface area contributed by atoms with Gasteiger partial charge in [-0.3, -0.25) is 10.1 Å². The summed E-state index contributed by atoms with van der Waals surface area (Å²) in [4.78, 5) is 21.6. The fourth-order valence-corrected chi connectivity index (χ4v) is 1.58. The van der Waals surface area contributed by atoms with Crippen LogP contribution in [0.4, 0.5) is 5.69 Å². The summed E-state index contributed by atoms with van der Waals surface area (Å²) in [5, 5.41) is 18.1. The Bertz CT molecular complexity index is 650. The number of nitrogens with zero attached hydrogens (tertiary/aromatic N) is 3. The summed E-state index contributed by atoms with van der Waals surface area (Å²) in [5.41, 5.74) is 0.615. The van der Waals surface area contributed by atoms with Gasteiger partial charge in [0.1, 0.15) is 5.56 Å². The van der Waals surface area contributed by atoms with E-state index in [1.807, 2.05) is 0 Å². The molecule has 8 heteroatoms. The van der Waals surface area contributed by atoms with Crippen molar-refractivity contribution in [2.45, 2.75) is 6.92 Å². The second-order valence-electron chi connectivity index (χ2n) is 3.63. The summed E-state index contributed by atoms with van der Waals surface area (Å²) < 4.78 is 9.52. The zero-order valence-electron chi connectivity index (χ0n) is 10.1. The first kappa shape index (κ1) is 12.7. The Morgan fingerprint density at radius 3 is 2.79 bits per heavy atom. The Morgan fingerprint density at radius 1 is 1.42 bits per heavy atom. The van der Waals surface area contributed by atoms with Gasteiger partial charge in [-0.05, 0) is 12.5 Å². The monoisotopic (exact) mass is 263 g/mol. The minimum Gasteiger partial charge on any atom is -0.462 e. The molecule has 0 radical (unpaired) electrons. The van der Waals surface area contributed by atoms with Gasteiger partial charge >= 0.3 is 11.9 Å². The van der Waals surface area contributed by atoms with Gasteiger partial charge < -0.3 is 9.15 Å². The molecular formula is C11H9N3O5. The number of methoxy groups -OCH3 is 1. The number of ether oxygens (including phenoxy) is 1. The van der Waals surface area contributed by atoms with Crippen molar-refractivity contribution in [1.82, 2.24) is 10.2 Å². The average Bonchev–Trinajstić information content (AvgIpc) is 2.86. The summed E-state index contributed by atoms with van der Waals surface area (Å²) in [6.07, 6.45) is 0. The second-order valence-corrected chi connectivity index (χ2v) is 3.63. The summed E-state index contributed by atoms with van der Waals surface area (Å²) in [6, 6.07) is 4.54. The normalized spacial score (nSPS) is 10.2. The zero-order valence-corrected chi connectivity index (χ0v) is 10.1. The average molecular weight is 263 g/mol. The highest BCUT2D eigenvalue weighted by atomic mass is 16.6. The molecule has 0 unspecified atom stereocenters. The molecule has 0 aliphatic carbocycles. The van der Waals surface area contributed by atoms with Crippen molar-refractivity contribution in [3.8, 4) is 11.5 Å². The Labute approximate surface area is 107 Å². The lowest BCUT2D eigenvalue weighted by Gasteiger charge is -2.01. The number of rotatable bonds is 3. The quantitative estimate of drug-likeness (QED) is 0.471. The molecule has 0 fully saturated rings. The molecule has 19 heavy (non-hydrogen) atoms. The third-order valence-corrected chi connectivity index (χ3v) is 2.45. The number of nitro groups is 1. The number of aryl methyl sites for hydroxylation is 1. The van der Waals surface area contributed by atoms with E-state index < -0.39 is 10.9 Å². The lowest BCUT2D eigenvalue weighted by Crippen LogP contribution is -2.00. The van der Waals surface area contributed by atoms with Crippen LogP contribution in [0, 0.1) is 17.0 Å². The minimum absolute atomic E-state index is 0.0924. The smallest absolute Gasteiger partial charge is 0.396 e. The predicted molar refractivity (Wildman–Crippen MR) is 62.5 cm³/mol. The van der Waals surface area contributed by atoms with Gasteiger partial charge in [-0.1, -0.05) is 12.1 Å². The van der Waals surface area contributed by atoms with Gasteiger partial charge in [0.25, 0.3) is 11.6 Å². The van der Waals surface area contributed by atoms with Gasteiger partial charge in [0.05, 0.1) is 12.0 Å². The van der Waals surface area contributed by atoms with Crippen molar-refractivity contribution < 1.29 is 18.9 Å². The van der Waals surface area contributed by atoms with E-state index in [0.29, 0.717) is 5.56 Å². The second kappa shape index (κ2) is 4.84. The lowest BCUT2D eigenvalue weighted by molar-refractivity contribution is -0.384. The topological polar surface area (TPSA) is 108 Å². The highest BCUT2D eigenvalue weighted by Crippen LogP contribution is 2.31. The standard InChI is InChI=1S/C11H9N3O5/c1-6-4-3-5-7(14(16)17)8(6)9-12-13-10(19-9)11(15)18-2/h3-5H,1-2H3. The van der Waals surface area contributed by atoms with Crippen molar-refractivity contribution in [3.05, 3.63) is 39.8 Å². The van der Waals surface area contributed by atoms with Gasteiger partial charge in [-0.25, -0.2) is 4.79 Å². The van der Waals surface area contributed by atoms with E-state index in [0.717, 1.165) is 0 Å². The number of hydrogen-bond acceptors (Lipinski definition) is 7. The number of esters is 1. The molecule has 0 N–H and O–H groups in total. The molecule has 0 amide bonds. The highest BCUT2D eigenvalue weighted by Gasteiger charge is 2.24. The van der Waals surface area contributed by atoms with E-state index >= 15 is 0 Å². The van der Waals surface area contributed by atoms with Crippen LogP contribution in [0.25, 0.3) is 11.5 Å². The van der Waals surface area contributed by atoms with Crippen molar-refractivity contribution in [2.75, 3.05) is 7.11 Å². The van der Waals surface area contributed by atoms with E-state index in [1.54, 1.807) is 19.1 Å². The first-order valence-electron chi connectivity index (χ1n) is 5.20. The molecule has 0 bridgehead atoms. The van der Waals surface area contributed by atoms with E-state index in [-0.39, 0.29) is 23.0 Å². The Balaban J connectivity index is 2.56. The number of hydrogen-bond donors (Lipinski definition) is 0. The molecule has 1 aromatic carbocycles. The predicted octanol–water partition coefficient (Wildman–Crippen LogP) is 1.74. The fourth-order valence-electron chi connectivity index (χ4n) is 1.58. The molecule has 8 nitrogen and oxygen atoms in total. The van der Waals surface area contributed by atoms with Crippen molar-refractivity contribution in [3.63, 3.8) is 0 Å². The number of nitro benzene ring substituents is 1. The molecule has 0 aliphatic heterocycles. The van der Waals surface area contributed by atoms with Crippen molar-refractivity contribution in [1.29, 1.82) is 0 Å². The molecule has 0 saturated carbocycles. The van der Waals surface area contributed by atoms with Crippen LogP contribution in [0.5, 0.6) is 0 Å². The maximum atomic E-state index is 11.2. The van der Waals surface area contributed by atoms with E-state index in [2.05, 4.69) is 14.9 Å². The van der Waals surface area contributed by atoms with Gasteiger partial charge in [-0.15, -0.1) is 10.2 Å². The summed E-state index contributed by atoms with van der Waals surface area (Å²) >= 11 is 0.